The molecule has 0 bridgehead atoms. The number of ether oxygens (including phenoxy) is 1. The van der Waals surface area contributed by atoms with Crippen molar-refractivity contribution in [3.8, 4) is 11.8 Å². The van der Waals surface area contributed by atoms with Crippen LogP contribution in [0.4, 0.5) is 0 Å². The molecule has 0 aliphatic carbocycles. The Hall–Kier alpha value is -0.410. The number of ketones is 1. The Kier molecular flexibility index (Phi) is 6.24. The van der Waals surface area contributed by atoms with Gasteiger partial charge in [-0.25, -0.2) is 0 Å². The van der Waals surface area contributed by atoms with E-state index >= 15 is 0 Å². The Morgan fingerprint density at radius 2 is 1.67 bits per heavy atom. The number of nitrogens with zero attached hydrogens (tertiary/aromatic N) is 1. The van der Waals surface area contributed by atoms with E-state index in [0.29, 0.717) is 11.1 Å². The molecule has 6 heteroatoms. The standard InChI is InChI=1S/C15H8I3NO2/c16-11-5-12(17)15(13(18)6-11)21-8-14(20)10-3-1-9(7-19)2-4-10/h1-6H,8H2. The van der Waals surface area contributed by atoms with Crippen molar-refractivity contribution in [1.29, 1.82) is 5.26 Å². The van der Waals surface area contributed by atoms with Crippen molar-refractivity contribution in [2.45, 2.75) is 0 Å². The molecule has 0 N–H and O–H groups in total. The molecule has 0 aliphatic heterocycles. The molecule has 0 fully saturated rings. The maximum atomic E-state index is 12.1. The first-order valence-electron chi connectivity index (χ1n) is 5.82. The topological polar surface area (TPSA) is 50.1 Å². The third-order valence-electron chi connectivity index (χ3n) is 2.65. The monoisotopic (exact) mass is 615 g/mol. The van der Waals surface area contributed by atoms with Crippen LogP contribution in [0.1, 0.15) is 15.9 Å². The maximum absolute atomic E-state index is 12.1. The predicted molar refractivity (Wildman–Crippen MR) is 106 cm³/mol. The van der Waals surface area contributed by atoms with Crippen LogP contribution in [0.3, 0.4) is 0 Å². The molecule has 0 saturated carbocycles. The Labute approximate surface area is 163 Å². The largest absolute Gasteiger partial charge is 0.483 e. The number of halogens is 3. The highest BCUT2D eigenvalue weighted by atomic mass is 127. The van der Waals surface area contributed by atoms with Gasteiger partial charge in [0.1, 0.15) is 5.75 Å². The van der Waals surface area contributed by atoms with Crippen LogP contribution in [0.25, 0.3) is 0 Å². The number of rotatable bonds is 4. The molecule has 0 aromatic heterocycles. The van der Waals surface area contributed by atoms with Crippen LogP contribution < -0.4 is 4.74 Å². The van der Waals surface area contributed by atoms with Gasteiger partial charge in [-0.2, -0.15) is 5.26 Å². The quantitative estimate of drug-likeness (QED) is 0.373. The van der Waals surface area contributed by atoms with Crippen molar-refractivity contribution in [3.63, 3.8) is 0 Å². The molecule has 2 rings (SSSR count). The molecule has 106 valence electrons. The van der Waals surface area contributed by atoms with Gasteiger partial charge in [0.25, 0.3) is 0 Å². The van der Waals surface area contributed by atoms with Gasteiger partial charge in [0.2, 0.25) is 0 Å². The summed E-state index contributed by atoms with van der Waals surface area (Å²) in [4.78, 5) is 12.1. The third-order valence-corrected chi connectivity index (χ3v) is 4.87. The fourth-order valence-electron chi connectivity index (χ4n) is 1.62. The van der Waals surface area contributed by atoms with E-state index in [0.717, 1.165) is 16.5 Å². The lowest BCUT2D eigenvalue weighted by atomic mass is 10.1. The Balaban J connectivity index is 2.09. The zero-order valence-electron chi connectivity index (χ0n) is 10.6. The van der Waals surface area contributed by atoms with Crippen molar-refractivity contribution in [3.05, 3.63) is 58.2 Å². The summed E-state index contributed by atoms with van der Waals surface area (Å²) in [6.07, 6.45) is 0. The molecule has 3 nitrogen and oxygen atoms in total. The van der Waals surface area contributed by atoms with Gasteiger partial charge in [-0.1, -0.05) is 0 Å². The van der Waals surface area contributed by atoms with E-state index in [1.54, 1.807) is 24.3 Å². The molecule has 0 amide bonds. The first-order valence-corrected chi connectivity index (χ1v) is 9.05. The van der Waals surface area contributed by atoms with Crippen molar-refractivity contribution < 1.29 is 9.53 Å². The van der Waals surface area contributed by atoms with Gasteiger partial charge in [0, 0.05) is 9.13 Å². The van der Waals surface area contributed by atoms with Crippen molar-refractivity contribution in [1.82, 2.24) is 0 Å². The van der Waals surface area contributed by atoms with Gasteiger partial charge in [-0.15, -0.1) is 0 Å². The highest BCUT2D eigenvalue weighted by Crippen LogP contribution is 2.29. The molecular weight excluding hydrogens is 607 g/mol. The van der Waals surface area contributed by atoms with E-state index in [4.69, 9.17) is 10.00 Å². The number of carbonyl (C=O) groups excluding carboxylic acids is 1. The predicted octanol–water partition coefficient (Wildman–Crippen LogP) is 4.63. The van der Waals surface area contributed by atoms with Crippen LogP contribution in [0, 0.1) is 22.0 Å². The summed E-state index contributed by atoms with van der Waals surface area (Å²) in [5.41, 5.74) is 1.08. The van der Waals surface area contributed by atoms with Crippen LogP contribution in [0.2, 0.25) is 0 Å². The van der Waals surface area contributed by atoms with Gasteiger partial charge in [-0.3, -0.25) is 4.79 Å². The van der Waals surface area contributed by atoms with E-state index in [1.807, 2.05) is 18.2 Å². The van der Waals surface area contributed by atoms with E-state index in [1.165, 1.54) is 0 Å². The van der Waals surface area contributed by atoms with Gasteiger partial charge >= 0.3 is 0 Å². The van der Waals surface area contributed by atoms with Crippen molar-refractivity contribution >= 4 is 73.6 Å². The summed E-state index contributed by atoms with van der Waals surface area (Å²) in [6.45, 7) is -0.0154. The third kappa shape index (κ3) is 4.53. The highest BCUT2D eigenvalue weighted by Gasteiger charge is 2.12. The average molecular weight is 615 g/mol. The molecule has 2 aromatic rings. The fraction of sp³-hybridized carbons (Fsp3) is 0.0667. The average Bonchev–Trinajstić information content (AvgIpc) is 2.46. The lowest BCUT2D eigenvalue weighted by molar-refractivity contribution is 0.0920. The zero-order chi connectivity index (χ0) is 15.4. The second-order valence-corrected chi connectivity index (χ2v) is 7.67. The summed E-state index contributed by atoms with van der Waals surface area (Å²) in [6, 6.07) is 12.6. The van der Waals surface area contributed by atoms with E-state index in [9.17, 15) is 4.79 Å². The summed E-state index contributed by atoms with van der Waals surface area (Å²) < 4.78 is 8.76. The summed E-state index contributed by atoms with van der Waals surface area (Å²) in [5, 5.41) is 8.74. The van der Waals surface area contributed by atoms with E-state index in [2.05, 4.69) is 67.8 Å². The number of hydrogen-bond donors (Lipinski definition) is 0. The van der Waals surface area contributed by atoms with Crippen LogP contribution in [0.15, 0.2) is 36.4 Å². The van der Waals surface area contributed by atoms with Gasteiger partial charge in [0.15, 0.2) is 12.4 Å². The molecule has 0 aliphatic rings. The van der Waals surface area contributed by atoms with Crippen LogP contribution >= 0.6 is 67.8 Å². The first-order chi connectivity index (χ1) is 10.0. The molecule has 0 spiro atoms. The maximum Gasteiger partial charge on any atom is 0.200 e. The van der Waals surface area contributed by atoms with Gasteiger partial charge in [-0.05, 0) is 104 Å². The minimum Gasteiger partial charge on any atom is -0.483 e. The van der Waals surface area contributed by atoms with Crippen LogP contribution in [-0.2, 0) is 0 Å². The lowest BCUT2D eigenvalue weighted by Crippen LogP contribution is -2.12. The zero-order valence-corrected chi connectivity index (χ0v) is 17.0. The highest BCUT2D eigenvalue weighted by molar-refractivity contribution is 14.1. The molecule has 0 radical (unpaired) electrons. The normalized spacial score (nSPS) is 10.0. The SMILES string of the molecule is N#Cc1ccc(C(=O)COc2c(I)cc(I)cc2I)cc1. The molecule has 0 heterocycles. The van der Waals surface area contributed by atoms with Crippen molar-refractivity contribution in [2.75, 3.05) is 6.61 Å². The molecule has 21 heavy (non-hydrogen) atoms. The Bertz CT molecular complexity index is 698. The molecule has 0 saturated heterocycles. The molecule has 0 unspecified atom stereocenters. The van der Waals surface area contributed by atoms with Gasteiger partial charge < -0.3 is 4.74 Å². The lowest BCUT2D eigenvalue weighted by Gasteiger charge is -2.10. The minimum absolute atomic E-state index is 0.0154. The number of Topliss-reactive ketones (excluding diaryl/α,β-unsaturated/α-hetero) is 1. The Morgan fingerprint density at radius 3 is 2.19 bits per heavy atom. The first kappa shape index (κ1) is 17.0. The van der Waals surface area contributed by atoms with E-state index < -0.39 is 0 Å². The Morgan fingerprint density at radius 1 is 1.10 bits per heavy atom. The summed E-state index contributed by atoms with van der Waals surface area (Å²) >= 11 is 6.65. The second-order valence-electron chi connectivity index (χ2n) is 4.10. The minimum atomic E-state index is -0.107. The number of benzene rings is 2. The molecular formula is C15H8I3NO2. The molecule has 2 aromatic carbocycles. The number of nitriles is 1. The second kappa shape index (κ2) is 7.73. The summed E-state index contributed by atoms with van der Waals surface area (Å²) in [7, 11) is 0. The number of hydrogen-bond acceptors (Lipinski definition) is 3. The van der Waals surface area contributed by atoms with E-state index in [-0.39, 0.29) is 12.4 Å². The van der Waals surface area contributed by atoms with Crippen LogP contribution in [0.5, 0.6) is 5.75 Å². The molecule has 0 atom stereocenters. The smallest absolute Gasteiger partial charge is 0.200 e. The fourth-order valence-corrected chi connectivity index (χ4v) is 5.51. The van der Waals surface area contributed by atoms with Gasteiger partial charge in [0.05, 0.1) is 18.8 Å². The summed E-state index contributed by atoms with van der Waals surface area (Å²) in [5.74, 6) is 0.628. The van der Waals surface area contributed by atoms with Crippen molar-refractivity contribution in [2.24, 2.45) is 0 Å². The number of carbonyl (C=O) groups is 1. The van der Waals surface area contributed by atoms with Crippen LogP contribution in [-0.4, -0.2) is 12.4 Å².